The minimum absolute atomic E-state index is 0.105. The molecule has 4 nitrogen and oxygen atoms in total. The van der Waals surface area contributed by atoms with Crippen molar-refractivity contribution >= 4 is 5.91 Å². The zero-order valence-corrected chi connectivity index (χ0v) is 11.6. The predicted octanol–water partition coefficient (Wildman–Crippen LogP) is 0.912. The zero-order chi connectivity index (χ0) is 13.0. The first-order valence-electron chi connectivity index (χ1n) is 6.62. The highest BCUT2D eigenvalue weighted by Gasteiger charge is 2.27. The monoisotopic (exact) mass is 241 g/mol. The molecule has 2 N–H and O–H groups in total. The average molecular weight is 241 g/mol. The van der Waals surface area contributed by atoms with Crippen LogP contribution < -0.4 is 5.73 Å². The molecule has 1 aliphatic rings. The van der Waals surface area contributed by atoms with E-state index >= 15 is 0 Å². The van der Waals surface area contributed by atoms with E-state index in [4.69, 9.17) is 5.73 Å². The maximum atomic E-state index is 12.1. The fourth-order valence-corrected chi connectivity index (χ4v) is 2.43. The van der Waals surface area contributed by atoms with Crippen LogP contribution in [0.4, 0.5) is 0 Å². The third kappa shape index (κ3) is 4.28. The lowest BCUT2D eigenvalue weighted by molar-refractivity contribution is -0.134. The Kier molecular flexibility index (Phi) is 5.40. The second-order valence-electron chi connectivity index (χ2n) is 5.72. The van der Waals surface area contributed by atoms with E-state index in [1.165, 1.54) is 0 Å². The third-order valence-electron chi connectivity index (χ3n) is 3.63. The first kappa shape index (κ1) is 14.5. The van der Waals surface area contributed by atoms with Crippen LogP contribution in [-0.2, 0) is 4.79 Å². The summed E-state index contributed by atoms with van der Waals surface area (Å²) in [5.41, 5.74) is 5.95. The molecule has 17 heavy (non-hydrogen) atoms. The predicted molar refractivity (Wildman–Crippen MR) is 70.7 cm³/mol. The molecule has 1 unspecified atom stereocenters. The van der Waals surface area contributed by atoms with Crippen LogP contribution in [0.3, 0.4) is 0 Å². The number of likely N-dealkylation sites (N-methyl/N-ethyl adjacent to an activating group) is 1. The Morgan fingerprint density at radius 1 is 1.41 bits per heavy atom. The summed E-state index contributed by atoms with van der Waals surface area (Å²) in [6.45, 7) is 6.34. The van der Waals surface area contributed by atoms with E-state index < -0.39 is 0 Å². The van der Waals surface area contributed by atoms with Crippen LogP contribution in [0.25, 0.3) is 0 Å². The Hall–Kier alpha value is -0.610. The van der Waals surface area contributed by atoms with E-state index in [0.29, 0.717) is 12.0 Å². The number of nitrogens with zero attached hydrogens (tertiary/aromatic N) is 2. The molecular weight excluding hydrogens is 214 g/mol. The first-order valence-corrected chi connectivity index (χ1v) is 6.62. The molecule has 1 saturated heterocycles. The number of hydrogen-bond acceptors (Lipinski definition) is 3. The van der Waals surface area contributed by atoms with Gasteiger partial charge in [0.05, 0.1) is 6.04 Å². The lowest BCUT2D eigenvalue weighted by atomic mass is 10.00. The van der Waals surface area contributed by atoms with E-state index in [1.54, 1.807) is 0 Å². The fourth-order valence-electron chi connectivity index (χ4n) is 2.43. The molecule has 0 aromatic carbocycles. The van der Waals surface area contributed by atoms with Crippen LogP contribution in [0.15, 0.2) is 0 Å². The molecule has 100 valence electrons. The number of hydrogen-bond donors (Lipinski definition) is 1. The van der Waals surface area contributed by atoms with Gasteiger partial charge in [0.15, 0.2) is 0 Å². The number of rotatable bonds is 4. The quantitative estimate of drug-likeness (QED) is 0.796. The van der Waals surface area contributed by atoms with Gasteiger partial charge in [-0.2, -0.15) is 0 Å². The van der Waals surface area contributed by atoms with E-state index in [2.05, 4.69) is 25.8 Å². The average Bonchev–Trinajstić information content (AvgIpc) is 2.27. The van der Waals surface area contributed by atoms with Gasteiger partial charge in [-0.05, 0) is 45.3 Å². The van der Waals surface area contributed by atoms with Crippen molar-refractivity contribution < 1.29 is 4.79 Å². The molecule has 1 aliphatic heterocycles. The lowest BCUT2D eigenvalue weighted by Gasteiger charge is -2.36. The Bertz CT molecular complexity index is 247. The molecule has 0 radical (unpaired) electrons. The molecule has 4 heteroatoms. The lowest BCUT2D eigenvalue weighted by Crippen LogP contribution is -2.50. The van der Waals surface area contributed by atoms with Crippen molar-refractivity contribution in [3.63, 3.8) is 0 Å². The van der Waals surface area contributed by atoms with Crippen molar-refractivity contribution in [3.05, 3.63) is 0 Å². The summed E-state index contributed by atoms with van der Waals surface area (Å²) in [6.07, 6.45) is 2.90. The SMILES string of the molecule is CC(C)CC(N)C(=O)N(C)C1CCN(C)CC1. The van der Waals surface area contributed by atoms with E-state index in [9.17, 15) is 4.79 Å². The largest absolute Gasteiger partial charge is 0.341 e. The van der Waals surface area contributed by atoms with Gasteiger partial charge in [-0.15, -0.1) is 0 Å². The minimum atomic E-state index is -0.334. The number of likely N-dealkylation sites (tertiary alicyclic amines) is 1. The van der Waals surface area contributed by atoms with Crippen LogP contribution in [0, 0.1) is 5.92 Å². The van der Waals surface area contributed by atoms with Crippen molar-refractivity contribution in [1.29, 1.82) is 0 Å². The molecule has 0 saturated carbocycles. The maximum absolute atomic E-state index is 12.1. The summed E-state index contributed by atoms with van der Waals surface area (Å²) in [4.78, 5) is 16.3. The summed E-state index contributed by atoms with van der Waals surface area (Å²) in [7, 11) is 4.03. The van der Waals surface area contributed by atoms with Gasteiger partial charge in [-0.3, -0.25) is 4.79 Å². The van der Waals surface area contributed by atoms with Gasteiger partial charge >= 0.3 is 0 Å². The van der Waals surface area contributed by atoms with Crippen LogP contribution in [0.1, 0.15) is 33.1 Å². The van der Waals surface area contributed by atoms with Gasteiger partial charge in [0.2, 0.25) is 5.91 Å². The topological polar surface area (TPSA) is 49.6 Å². The van der Waals surface area contributed by atoms with Crippen LogP contribution >= 0.6 is 0 Å². The number of nitrogens with two attached hydrogens (primary N) is 1. The third-order valence-corrected chi connectivity index (χ3v) is 3.63. The van der Waals surface area contributed by atoms with Crippen molar-refractivity contribution in [3.8, 4) is 0 Å². The van der Waals surface area contributed by atoms with Gasteiger partial charge in [-0.1, -0.05) is 13.8 Å². The molecule has 0 spiro atoms. The molecule has 1 amide bonds. The van der Waals surface area contributed by atoms with Crippen molar-refractivity contribution in [1.82, 2.24) is 9.80 Å². The maximum Gasteiger partial charge on any atom is 0.239 e. The van der Waals surface area contributed by atoms with Crippen molar-refractivity contribution in [2.45, 2.75) is 45.2 Å². The number of carbonyl (C=O) groups is 1. The molecule has 1 fully saturated rings. The molecule has 0 bridgehead atoms. The Labute approximate surface area is 105 Å². The van der Waals surface area contributed by atoms with Crippen molar-refractivity contribution in [2.75, 3.05) is 27.2 Å². The number of piperidine rings is 1. The second-order valence-corrected chi connectivity index (χ2v) is 5.72. The molecule has 0 aliphatic carbocycles. The van der Waals surface area contributed by atoms with Crippen LogP contribution in [-0.4, -0.2) is 55.0 Å². The Morgan fingerprint density at radius 3 is 2.41 bits per heavy atom. The van der Waals surface area contributed by atoms with Crippen LogP contribution in [0.2, 0.25) is 0 Å². The molecular formula is C13H27N3O. The first-order chi connectivity index (χ1) is 7.91. The second kappa shape index (κ2) is 6.36. The standard InChI is InChI=1S/C13H27N3O/c1-10(2)9-12(14)13(17)16(4)11-5-7-15(3)8-6-11/h10-12H,5-9,14H2,1-4H3. The summed E-state index contributed by atoms with van der Waals surface area (Å²) in [6, 6.07) is 0.0385. The summed E-state index contributed by atoms with van der Waals surface area (Å²) in [5.74, 6) is 0.577. The smallest absolute Gasteiger partial charge is 0.239 e. The number of amides is 1. The summed E-state index contributed by atoms with van der Waals surface area (Å²) >= 11 is 0. The zero-order valence-electron chi connectivity index (χ0n) is 11.6. The highest BCUT2D eigenvalue weighted by atomic mass is 16.2. The highest BCUT2D eigenvalue weighted by molar-refractivity contribution is 5.81. The van der Waals surface area contributed by atoms with E-state index in [0.717, 1.165) is 32.4 Å². The van der Waals surface area contributed by atoms with Crippen molar-refractivity contribution in [2.24, 2.45) is 11.7 Å². The molecule has 0 aromatic heterocycles. The van der Waals surface area contributed by atoms with Gasteiger partial charge in [0, 0.05) is 13.1 Å². The summed E-state index contributed by atoms with van der Waals surface area (Å²) < 4.78 is 0. The molecule has 1 atom stereocenters. The normalized spacial score (nSPS) is 20.6. The van der Waals surface area contributed by atoms with Gasteiger partial charge < -0.3 is 15.5 Å². The van der Waals surface area contributed by atoms with Crippen LogP contribution in [0.5, 0.6) is 0 Å². The van der Waals surface area contributed by atoms with E-state index in [-0.39, 0.29) is 11.9 Å². The Balaban J connectivity index is 2.45. The minimum Gasteiger partial charge on any atom is -0.341 e. The fraction of sp³-hybridized carbons (Fsp3) is 0.923. The highest BCUT2D eigenvalue weighted by Crippen LogP contribution is 2.16. The van der Waals surface area contributed by atoms with Gasteiger partial charge in [0.25, 0.3) is 0 Å². The molecule has 0 aromatic rings. The molecule has 1 rings (SSSR count). The number of carbonyl (C=O) groups excluding carboxylic acids is 1. The van der Waals surface area contributed by atoms with Gasteiger partial charge in [0.1, 0.15) is 0 Å². The van der Waals surface area contributed by atoms with E-state index in [1.807, 2.05) is 11.9 Å². The molecule has 1 heterocycles. The Morgan fingerprint density at radius 2 is 1.94 bits per heavy atom. The van der Waals surface area contributed by atoms with Gasteiger partial charge in [-0.25, -0.2) is 0 Å². The summed E-state index contributed by atoms with van der Waals surface area (Å²) in [5, 5.41) is 0.